The Morgan fingerprint density at radius 3 is 2.96 bits per heavy atom. The number of hydrogen-bond donors (Lipinski definition) is 1. The summed E-state index contributed by atoms with van der Waals surface area (Å²) in [6, 6.07) is 3.79. The van der Waals surface area contributed by atoms with Crippen molar-refractivity contribution < 1.29 is 19.1 Å². The van der Waals surface area contributed by atoms with Crippen LogP contribution in [0.1, 0.15) is 38.2 Å². The number of nitrogens with one attached hydrogen (secondary N) is 1. The number of aromatic nitrogens is 1. The molecule has 0 aromatic carbocycles. The number of nitrogens with zero attached hydrogens (tertiary/aromatic N) is 2. The number of carbonyl (C=O) groups is 2. The average Bonchev–Trinajstić information content (AvgIpc) is 3.06. The van der Waals surface area contributed by atoms with Crippen molar-refractivity contribution in [2.24, 2.45) is 0 Å². The van der Waals surface area contributed by atoms with Crippen molar-refractivity contribution in [1.82, 2.24) is 15.2 Å². The monoisotopic (exact) mass is 375 g/mol. The first-order valence-corrected chi connectivity index (χ1v) is 9.68. The second-order valence-electron chi connectivity index (χ2n) is 7.34. The molecular formula is C20H29N3O4. The van der Waals surface area contributed by atoms with Gasteiger partial charge in [0.05, 0.1) is 18.1 Å². The van der Waals surface area contributed by atoms with E-state index in [9.17, 15) is 9.59 Å². The molecule has 2 aliphatic rings. The molecule has 0 spiro atoms. The molecule has 2 heterocycles. The molecule has 1 N–H and O–H groups in total. The van der Waals surface area contributed by atoms with Gasteiger partial charge in [-0.1, -0.05) is 6.07 Å². The zero-order valence-corrected chi connectivity index (χ0v) is 16.1. The summed E-state index contributed by atoms with van der Waals surface area (Å²) in [6.07, 6.45) is 7.02. The summed E-state index contributed by atoms with van der Waals surface area (Å²) in [7, 11) is 1.73. The predicted molar refractivity (Wildman–Crippen MR) is 100 cm³/mol. The molecule has 1 saturated carbocycles. The van der Waals surface area contributed by atoms with Gasteiger partial charge in [-0.05, 0) is 44.2 Å². The Balaban J connectivity index is 1.66. The van der Waals surface area contributed by atoms with Crippen molar-refractivity contribution in [3.8, 4) is 0 Å². The first-order valence-electron chi connectivity index (χ1n) is 9.68. The standard InChI is InChI=1S/C20H29N3O4/c1-3-27-14-18(24)22-16-6-7-20(26-2)8-10-23(17(20)12-16)19(25)11-15-5-4-9-21-13-15/h4-5,9,13,16-17H,3,6-8,10-12,14H2,1-2H3,(H,22,24)/t16-,17+,20-/m1/s1. The highest BCUT2D eigenvalue weighted by molar-refractivity contribution is 5.80. The summed E-state index contributed by atoms with van der Waals surface area (Å²) >= 11 is 0. The maximum atomic E-state index is 12.9. The summed E-state index contributed by atoms with van der Waals surface area (Å²) in [5.41, 5.74) is 0.612. The van der Waals surface area contributed by atoms with Gasteiger partial charge >= 0.3 is 0 Å². The van der Waals surface area contributed by atoms with E-state index >= 15 is 0 Å². The van der Waals surface area contributed by atoms with Gasteiger partial charge in [0.15, 0.2) is 0 Å². The Kier molecular flexibility index (Phi) is 6.44. The third-order valence-corrected chi connectivity index (χ3v) is 5.79. The number of pyridine rings is 1. The van der Waals surface area contributed by atoms with Gasteiger partial charge in [0, 0.05) is 38.7 Å². The molecule has 1 saturated heterocycles. The van der Waals surface area contributed by atoms with Crippen LogP contribution in [0.5, 0.6) is 0 Å². The molecule has 1 aliphatic carbocycles. The van der Waals surface area contributed by atoms with Crippen LogP contribution < -0.4 is 5.32 Å². The minimum Gasteiger partial charge on any atom is -0.376 e. The van der Waals surface area contributed by atoms with E-state index in [0.717, 1.165) is 24.8 Å². The summed E-state index contributed by atoms with van der Waals surface area (Å²) in [5, 5.41) is 3.05. The molecule has 0 bridgehead atoms. The third-order valence-electron chi connectivity index (χ3n) is 5.79. The summed E-state index contributed by atoms with van der Waals surface area (Å²) in [4.78, 5) is 31.0. The lowest BCUT2D eigenvalue weighted by atomic mass is 9.78. The van der Waals surface area contributed by atoms with Crippen molar-refractivity contribution in [2.75, 3.05) is 26.9 Å². The normalized spacial score (nSPS) is 27.3. The Bertz CT molecular complexity index is 654. The molecular weight excluding hydrogens is 346 g/mol. The van der Waals surface area contributed by atoms with Gasteiger partial charge in [0.25, 0.3) is 0 Å². The van der Waals surface area contributed by atoms with Gasteiger partial charge in [-0.3, -0.25) is 14.6 Å². The van der Waals surface area contributed by atoms with Crippen LogP contribution >= 0.6 is 0 Å². The van der Waals surface area contributed by atoms with E-state index in [1.54, 1.807) is 19.5 Å². The van der Waals surface area contributed by atoms with Gasteiger partial charge in [0.2, 0.25) is 11.8 Å². The van der Waals surface area contributed by atoms with Gasteiger partial charge < -0.3 is 19.7 Å². The molecule has 1 aliphatic heterocycles. The number of fused-ring (bicyclic) bond motifs is 1. The van der Waals surface area contributed by atoms with Gasteiger partial charge in [-0.25, -0.2) is 0 Å². The Hall–Kier alpha value is -1.99. The molecule has 1 aromatic rings. The van der Waals surface area contributed by atoms with Crippen molar-refractivity contribution in [3.05, 3.63) is 30.1 Å². The highest BCUT2D eigenvalue weighted by Gasteiger charge is 2.52. The van der Waals surface area contributed by atoms with Crippen molar-refractivity contribution >= 4 is 11.8 Å². The highest BCUT2D eigenvalue weighted by atomic mass is 16.5. The summed E-state index contributed by atoms with van der Waals surface area (Å²) in [5.74, 6) is -0.00813. The van der Waals surface area contributed by atoms with E-state index in [1.807, 2.05) is 24.0 Å². The minimum atomic E-state index is -0.300. The zero-order valence-electron chi connectivity index (χ0n) is 16.1. The molecule has 3 atom stereocenters. The van der Waals surface area contributed by atoms with Crippen molar-refractivity contribution in [1.29, 1.82) is 0 Å². The van der Waals surface area contributed by atoms with E-state index < -0.39 is 0 Å². The van der Waals surface area contributed by atoms with Crippen LogP contribution in [0.2, 0.25) is 0 Å². The van der Waals surface area contributed by atoms with Gasteiger partial charge in [-0.2, -0.15) is 0 Å². The number of likely N-dealkylation sites (tertiary alicyclic amines) is 1. The van der Waals surface area contributed by atoms with Crippen molar-refractivity contribution in [3.63, 3.8) is 0 Å². The lowest BCUT2D eigenvalue weighted by molar-refractivity contribution is -0.137. The van der Waals surface area contributed by atoms with E-state index in [-0.39, 0.29) is 36.1 Å². The SMILES string of the molecule is CCOCC(=O)N[C@@H]1CC[C@@]2(OC)CCN(C(=O)Cc3cccnc3)[C@H]2C1. The van der Waals surface area contributed by atoms with E-state index in [2.05, 4.69) is 10.3 Å². The molecule has 148 valence electrons. The average molecular weight is 375 g/mol. The fourth-order valence-corrected chi connectivity index (χ4v) is 4.37. The number of amides is 2. The van der Waals surface area contributed by atoms with Crippen LogP contribution in [0, 0.1) is 0 Å². The van der Waals surface area contributed by atoms with Crippen LogP contribution in [0.25, 0.3) is 0 Å². The number of carbonyl (C=O) groups excluding carboxylic acids is 2. The predicted octanol–water partition coefficient (Wildman–Crippen LogP) is 1.32. The number of rotatable bonds is 7. The second kappa shape index (κ2) is 8.80. The van der Waals surface area contributed by atoms with E-state index in [0.29, 0.717) is 26.0 Å². The van der Waals surface area contributed by atoms with E-state index in [1.165, 1.54) is 0 Å². The molecule has 7 nitrogen and oxygen atoms in total. The molecule has 2 fully saturated rings. The fourth-order valence-electron chi connectivity index (χ4n) is 4.37. The topological polar surface area (TPSA) is 80.8 Å². The summed E-state index contributed by atoms with van der Waals surface area (Å²) < 4.78 is 11.1. The van der Waals surface area contributed by atoms with E-state index in [4.69, 9.17) is 9.47 Å². The highest BCUT2D eigenvalue weighted by Crippen LogP contribution is 2.42. The maximum Gasteiger partial charge on any atom is 0.246 e. The summed E-state index contributed by atoms with van der Waals surface area (Å²) in [6.45, 7) is 3.16. The molecule has 2 amide bonds. The molecule has 3 rings (SSSR count). The molecule has 7 heteroatoms. The lowest BCUT2D eigenvalue weighted by Crippen LogP contribution is -2.56. The van der Waals surface area contributed by atoms with Crippen LogP contribution in [0.4, 0.5) is 0 Å². The van der Waals surface area contributed by atoms with Gasteiger partial charge in [0.1, 0.15) is 6.61 Å². The quantitative estimate of drug-likeness (QED) is 0.777. The largest absolute Gasteiger partial charge is 0.376 e. The van der Waals surface area contributed by atoms with Crippen LogP contribution in [-0.2, 0) is 25.5 Å². The molecule has 27 heavy (non-hydrogen) atoms. The van der Waals surface area contributed by atoms with Crippen LogP contribution in [0.15, 0.2) is 24.5 Å². The molecule has 0 radical (unpaired) electrons. The van der Waals surface area contributed by atoms with Crippen molar-refractivity contribution in [2.45, 2.75) is 56.7 Å². The van der Waals surface area contributed by atoms with Crippen LogP contribution in [-0.4, -0.2) is 66.3 Å². The Morgan fingerprint density at radius 2 is 2.26 bits per heavy atom. The second-order valence-corrected chi connectivity index (χ2v) is 7.34. The number of hydrogen-bond acceptors (Lipinski definition) is 5. The lowest BCUT2D eigenvalue weighted by Gasteiger charge is -2.43. The molecule has 0 unspecified atom stereocenters. The Morgan fingerprint density at radius 1 is 1.41 bits per heavy atom. The minimum absolute atomic E-state index is 0.0159. The molecule has 1 aromatic heterocycles. The maximum absolute atomic E-state index is 12.9. The Labute approximate surface area is 160 Å². The fraction of sp³-hybridized carbons (Fsp3) is 0.650. The van der Waals surface area contributed by atoms with Gasteiger partial charge in [-0.15, -0.1) is 0 Å². The first kappa shape index (κ1) is 19.8. The zero-order chi connectivity index (χ0) is 19.3. The smallest absolute Gasteiger partial charge is 0.246 e. The number of methoxy groups -OCH3 is 1. The third kappa shape index (κ3) is 4.47. The first-order chi connectivity index (χ1) is 13.1. The van der Waals surface area contributed by atoms with Crippen LogP contribution in [0.3, 0.4) is 0 Å². The number of ether oxygens (including phenoxy) is 2.